The molecule has 19 heavy (non-hydrogen) atoms. The molecule has 0 saturated carbocycles. The molecule has 1 aromatic carbocycles. The summed E-state index contributed by atoms with van der Waals surface area (Å²) in [6.45, 7) is 1.64. The molecule has 4 heteroatoms. The van der Waals surface area contributed by atoms with Crippen LogP contribution in [0, 0.1) is 5.92 Å². The first kappa shape index (κ1) is 14.7. The van der Waals surface area contributed by atoms with Gasteiger partial charge in [-0.2, -0.15) is 11.8 Å². The van der Waals surface area contributed by atoms with Crippen LogP contribution in [0.2, 0.25) is 0 Å². The molecule has 1 aliphatic heterocycles. The number of rotatable bonds is 6. The molecule has 1 fully saturated rings. The summed E-state index contributed by atoms with van der Waals surface area (Å²) in [5, 5.41) is 13.5. The van der Waals surface area contributed by atoms with Gasteiger partial charge in [0.2, 0.25) is 0 Å². The summed E-state index contributed by atoms with van der Waals surface area (Å²) in [6, 6.07) is 7.61. The highest BCUT2D eigenvalue weighted by atomic mass is 32.2. The molecule has 2 N–H and O–H groups in total. The topological polar surface area (TPSA) is 41.5 Å². The lowest BCUT2D eigenvalue weighted by Crippen LogP contribution is -2.29. The number of ether oxygens (including phenoxy) is 1. The first-order valence-corrected chi connectivity index (χ1v) is 8.05. The molecule has 0 spiro atoms. The van der Waals surface area contributed by atoms with Crippen LogP contribution in [0.25, 0.3) is 0 Å². The van der Waals surface area contributed by atoms with Crippen molar-refractivity contribution in [3.05, 3.63) is 29.8 Å². The Bertz CT molecular complexity index is 363. The Morgan fingerprint density at radius 1 is 1.32 bits per heavy atom. The Balaban J connectivity index is 1.72. The fourth-order valence-corrected chi connectivity index (χ4v) is 3.52. The van der Waals surface area contributed by atoms with Crippen molar-refractivity contribution in [2.75, 3.05) is 31.7 Å². The highest BCUT2D eigenvalue weighted by molar-refractivity contribution is 7.99. The molecule has 0 amide bonds. The van der Waals surface area contributed by atoms with Gasteiger partial charge in [-0.1, -0.05) is 12.1 Å². The maximum Gasteiger partial charge on any atom is 0.118 e. The molecule has 1 saturated heterocycles. The molecule has 3 nitrogen and oxygen atoms in total. The van der Waals surface area contributed by atoms with E-state index in [0.29, 0.717) is 6.54 Å². The lowest BCUT2D eigenvalue weighted by Gasteiger charge is -2.22. The van der Waals surface area contributed by atoms with Crippen molar-refractivity contribution in [2.45, 2.75) is 18.9 Å². The number of hydrogen-bond donors (Lipinski definition) is 2. The van der Waals surface area contributed by atoms with Crippen LogP contribution < -0.4 is 10.1 Å². The van der Waals surface area contributed by atoms with E-state index in [2.05, 4.69) is 5.32 Å². The summed E-state index contributed by atoms with van der Waals surface area (Å²) in [5.74, 6) is 4.17. The van der Waals surface area contributed by atoms with Crippen LogP contribution in [0.15, 0.2) is 24.3 Å². The molecule has 0 radical (unpaired) electrons. The van der Waals surface area contributed by atoms with Gasteiger partial charge in [0.15, 0.2) is 0 Å². The van der Waals surface area contributed by atoms with Crippen molar-refractivity contribution in [2.24, 2.45) is 5.92 Å². The van der Waals surface area contributed by atoms with E-state index < -0.39 is 6.10 Å². The van der Waals surface area contributed by atoms with Gasteiger partial charge in [-0.3, -0.25) is 0 Å². The number of thioether (sulfide) groups is 1. The van der Waals surface area contributed by atoms with Gasteiger partial charge in [0.1, 0.15) is 5.75 Å². The zero-order valence-corrected chi connectivity index (χ0v) is 12.3. The second kappa shape index (κ2) is 7.78. The van der Waals surface area contributed by atoms with E-state index in [9.17, 15) is 5.11 Å². The number of methoxy groups -OCH3 is 1. The third-order valence-electron chi connectivity index (χ3n) is 3.61. The predicted octanol–water partition coefficient (Wildman–Crippen LogP) is 2.46. The van der Waals surface area contributed by atoms with Crippen LogP contribution >= 0.6 is 11.8 Å². The van der Waals surface area contributed by atoms with E-state index in [1.54, 1.807) is 7.11 Å². The average Bonchev–Trinajstić information content (AvgIpc) is 2.48. The van der Waals surface area contributed by atoms with E-state index in [4.69, 9.17) is 4.74 Å². The lowest BCUT2D eigenvalue weighted by atomic mass is 10.0. The summed E-state index contributed by atoms with van der Waals surface area (Å²) in [7, 11) is 1.65. The fraction of sp³-hybridized carbons (Fsp3) is 0.600. The highest BCUT2D eigenvalue weighted by Gasteiger charge is 2.14. The van der Waals surface area contributed by atoms with Crippen molar-refractivity contribution in [1.29, 1.82) is 0 Å². The van der Waals surface area contributed by atoms with E-state index >= 15 is 0 Å². The molecule has 1 unspecified atom stereocenters. The molecule has 1 atom stereocenters. The fourth-order valence-electron chi connectivity index (χ4n) is 2.32. The second-order valence-corrected chi connectivity index (χ2v) is 6.23. The number of aliphatic hydroxyl groups is 1. The number of benzene rings is 1. The number of hydrogen-bond acceptors (Lipinski definition) is 4. The van der Waals surface area contributed by atoms with Gasteiger partial charge >= 0.3 is 0 Å². The second-order valence-electron chi connectivity index (χ2n) is 5.00. The quantitative estimate of drug-likeness (QED) is 0.840. The monoisotopic (exact) mass is 281 g/mol. The van der Waals surface area contributed by atoms with E-state index in [-0.39, 0.29) is 0 Å². The van der Waals surface area contributed by atoms with Crippen LogP contribution in [0.4, 0.5) is 0 Å². The van der Waals surface area contributed by atoms with Crippen molar-refractivity contribution in [3.8, 4) is 5.75 Å². The molecule has 1 aliphatic rings. The van der Waals surface area contributed by atoms with E-state index in [1.807, 2.05) is 36.0 Å². The SMILES string of the molecule is COc1ccc(C(O)CNCC2CCSCC2)cc1. The number of aliphatic hydroxyl groups excluding tert-OH is 1. The first-order chi connectivity index (χ1) is 9.29. The van der Waals surface area contributed by atoms with Gasteiger partial charge in [-0.15, -0.1) is 0 Å². The first-order valence-electron chi connectivity index (χ1n) is 6.90. The highest BCUT2D eigenvalue weighted by Crippen LogP contribution is 2.22. The third kappa shape index (κ3) is 4.71. The van der Waals surface area contributed by atoms with Crippen LogP contribution in [-0.2, 0) is 0 Å². The maximum absolute atomic E-state index is 10.1. The minimum atomic E-state index is -0.441. The van der Waals surface area contributed by atoms with Gasteiger partial charge in [-0.05, 0) is 54.5 Å². The summed E-state index contributed by atoms with van der Waals surface area (Å²) in [5.41, 5.74) is 0.937. The minimum absolute atomic E-state index is 0.441. The van der Waals surface area contributed by atoms with Gasteiger partial charge in [0.25, 0.3) is 0 Å². The molecule has 0 aliphatic carbocycles. The molecule has 0 bridgehead atoms. The Labute approximate surface area is 119 Å². The Kier molecular flexibility index (Phi) is 6.01. The molecular formula is C15H23NO2S. The molecule has 2 rings (SSSR count). The van der Waals surface area contributed by atoms with Gasteiger partial charge in [-0.25, -0.2) is 0 Å². The molecule has 0 aromatic heterocycles. The predicted molar refractivity (Wildman–Crippen MR) is 80.9 cm³/mol. The standard InChI is InChI=1S/C15H23NO2S/c1-18-14-4-2-13(3-5-14)15(17)11-16-10-12-6-8-19-9-7-12/h2-5,12,15-17H,6-11H2,1H3. The maximum atomic E-state index is 10.1. The Hall–Kier alpha value is -0.710. The number of nitrogens with one attached hydrogen (secondary N) is 1. The van der Waals surface area contributed by atoms with Gasteiger partial charge in [0.05, 0.1) is 13.2 Å². The Morgan fingerprint density at radius 2 is 2.00 bits per heavy atom. The smallest absolute Gasteiger partial charge is 0.118 e. The van der Waals surface area contributed by atoms with Crippen molar-refractivity contribution in [3.63, 3.8) is 0 Å². The normalized spacial score (nSPS) is 18.2. The zero-order chi connectivity index (χ0) is 13.5. The van der Waals surface area contributed by atoms with Crippen molar-refractivity contribution >= 4 is 11.8 Å². The van der Waals surface area contributed by atoms with Crippen LogP contribution in [-0.4, -0.2) is 36.8 Å². The molecule has 1 heterocycles. The van der Waals surface area contributed by atoms with Crippen LogP contribution in [0.1, 0.15) is 24.5 Å². The third-order valence-corrected chi connectivity index (χ3v) is 4.66. The average molecular weight is 281 g/mol. The van der Waals surface area contributed by atoms with Gasteiger partial charge < -0.3 is 15.2 Å². The van der Waals surface area contributed by atoms with Crippen molar-refractivity contribution < 1.29 is 9.84 Å². The summed E-state index contributed by atoms with van der Waals surface area (Å²) in [6.07, 6.45) is 2.16. The summed E-state index contributed by atoms with van der Waals surface area (Å²) >= 11 is 2.05. The van der Waals surface area contributed by atoms with Crippen LogP contribution in [0.5, 0.6) is 5.75 Å². The lowest BCUT2D eigenvalue weighted by molar-refractivity contribution is 0.172. The molecule has 106 valence electrons. The van der Waals surface area contributed by atoms with Crippen LogP contribution in [0.3, 0.4) is 0 Å². The van der Waals surface area contributed by atoms with E-state index in [0.717, 1.165) is 23.8 Å². The summed E-state index contributed by atoms with van der Waals surface area (Å²) < 4.78 is 5.11. The largest absolute Gasteiger partial charge is 0.497 e. The molecular weight excluding hydrogens is 258 g/mol. The van der Waals surface area contributed by atoms with Gasteiger partial charge in [0, 0.05) is 6.54 Å². The zero-order valence-electron chi connectivity index (χ0n) is 11.5. The minimum Gasteiger partial charge on any atom is -0.497 e. The Morgan fingerprint density at radius 3 is 2.63 bits per heavy atom. The van der Waals surface area contributed by atoms with E-state index in [1.165, 1.54) is 24.3 Å². The molecule has 1 aromatic rings. The summed E-state index contributed by atoms with van der Waals surface area (Å²) in [4.78, 5) is 0. The van der Waals surface area contributed by atoms with Crippen molar-refractivity contribution in [1.82, 2.24) is 5.32 Å².